The van der Waals surface area contributed by atoms with Gasteiger partial charge in [0, 0.05) is 15.7 Å². The highest BCUT2D eigenvalue weighted by atomic mass is 79.9. The molecule has 0 fully saturated rings. The van der Waals surface area contributed by atoms with E-state index in [1.54, 1.807) is 24.3 Å². The van der Waals surface area contributed by atoms with Crippen LogP contribution in [0.2, 0.25) is 0 Å². The highest BCUT2D eigenvalue weighted by Crippen LogP contribution is 2.28. The molecular weight excluding hydrogens is 514 g/mol. The van der Waals surface area contributed by atoms with E-state index in [-0.39, 0.29) is 17.4 Å². The van der Waals surface area contributed by atoms with Gasteiger partial charge >= 0.3 is 0 Å². The number of hydrogen-bond donors (Lipinski definition) is 2. The maximum atomic E-state index is 12.5. The second-order valence-electron chi connectivity index (χ2n) is 7.27. The Labute approximate surface area is 210 Å². The summed E-state index contributed by atoms with van der Waals surface area (Å²) >= 11 is 4.76. The average Bonchev–Trinajstić information content (AvgIpc) is 3.29. The van der Waals surface area contributed by atoms with Crippen molar-refractivity contribution in [3.63, 3.8) is 0 Å². The molecule has 0 aliphatic heterocycles. The number of hydrazone groups is 1. The minimum Gasteiger partial charge on any atom is -0.508 e. The summed E-state index contributed by atoms with van der Waals surface area (Å²) in [6.45, 7) is 1.96. The molecule has 4 aromatic rings. The minimum absolute atomic E-state index is 0.125. The fraction of sp³-hybridized carbons (Fsp3) is 0.120. The number of aromatic nitrogens is 3. The quantitative estimate of drug-likeness (QED) is 0.178. The van der Waals surface area contributed by atoms with Crippen LogP contribution in [0.1, 0.15) is 18.9 Å². The predicted octanol–water partition coefficient (Wildman–Crippen LogP) is 5.43. The van der Waals surface area contributed by atoms with Crippen molar-refractivity contribution in [3.05, 3.63) is 88.9 Å². The number of aromatic hydroxyl groups is 1. The van der Waals surface area contributed by atoms with Crippen LogP contribution in [0, 0.1) is 0 Å². The van der Waals surface area contributed by atoms with Gasteiger partial charge in [-0.2, -0.15) is 5.10 Å². The second kappa shape index (κ2) is 11.1. The first-order valence-corrected chi connectivity index (χ1v) is 12.4. The van der Waals surface area contributed by atoms with E-state index in [2.05, 4.69) is 36.7 Å². The summed E-state index contributed by atoms with van der Waals surface area (Å²) in [5, 5.41) is 23.1. The Morgan fingerprint density at radius 3 is 2.41 bits per heavy atom. The lowest BCUT2D eigenvalue weighted by Crippen LogP contribution is -2.22. The Kier molecular flexibility index (Phi) is 7.76. The molecule has 9 heteroatoms. The molecule has 0 atom stereocenters. The lowest BCUT2D eigenvalue weighted by Gasteiger charge is -2.10. The van der Waals surface area contributed by atoms with E-state index in [0.717, 1.165) is 27.0 Å². The summed E-state index contributed by atoms with van der Waals surface area (Å²) < 4.78 is 2.91. The van der Waals surface area contributed by atoms with E-state index in [1.807, 2.05) is 66.1 Å². The summed E-state index contributed by atoms with van der Waals surface area (Å²) in [5.74, 6) is 0.759. The van der Waals surface area contributed by atoms with Crippen molar-refractivity contribution < 1.29 is 9.90 Å². The first-order valence-electron chi connectivity index (χ1n) is 10.6. The smallest absolute Gasteiger partial charge is 0.250 e. The SMILES string of the molecule is CCC(=NNC(=O)CSc1nnc(-c2ccccc2)n1-c1ccc(Br)cc1)c1ccc(O)cc1. The number of halogens is 1. The van der Waals surface area contributed by atoms with Gasteiger partial charge in [-0.05, 0) is 60.5 Å². The largest absolute Gasteiger partial charge is 0.508 e. The van der Waals surface area contributed by atoms with Crippen molar-refractivity contribution in [1.29, 1.82) is 0 Å². The number of nitrogens with zero attached hydrogens (tertiary/aromatic N) is 4. The van der Waals surface area contributed by atoms with E-state index >= 15 is 0 Å². The number of nitrogens with one attached hydrogen (secondary N) is 1. The van der Waals surface area contributed by atoms with Crippen molar-refractivity contribution in [2.24, 2.45) is 5.10 Å². The summed E-state index contributed by atoms with van der Waals surface area (Å²) in [6.07, 6.45) is 0.635. The fourth-order valence-corrected chi connectivity index (χ4v) is 4.26. The zero-order valence-corrected chi connectivity index (χ0v) is 20.8. The monoisotopic (exact) mass is 535 g/mol. The van der Waals surface area contributed by atoms with Crippen molar-refractivity contribution in [2.75, 3.05) is 5.75 Å². The van der Waals surface area contributed by atoms with Crippen molar-refractivity contribution in [1.82, 2.24) is 20.2 Å². The van der Waals surface area contributed by atoms with Gasteiger partial charge in [-0.3, -0.25) is 9.36 Å². The molecule has 1 aromatic heterocycles. The molecule has 0 aliphatic rings. The molecule has 3 aromatic carbocycles. The lowest BCUT2D eigenvalue weighted by molar-refractivity contribution is -0.118. The van der Waals surface area contributed by atoms with Gasteiger partial charge in [-0.15, -0.1) is 10.2 Å². The van der Waals surface area contributed by atoms with E-state index in [0.29, 0.717) is 17.4 Å². The molecule has 0 spiro atoms. The molecule has 0 radical (unpaired) electrons. The maximum absolute atomic E-state index is 12.5. The zero-order valence-electron chi connectivity index (χ0n) is 18.4. The molecule has 34 heavy (non-hydrogen) atoms. The predicted molar refractivity (Wildman–Crippen MR) is 138 cm³/mol. The van der Waals surface area contributed by atoms with Crippen LogP contribution in [-0.2, 0) is 4.79 Å². The minimum atomic E-state index is -0.249. The Hall–Kier alpha value is -3.43. The van der Waals surface area contributed by atoms with Crippen molar-refractivity contribution in [3.8, 4) is 22.8 Å². The van der Waals surface area contributed by atoms with Crippen LogP contribution < -0.4 is 5.43 Å². The van der Waals surface area contributed by atoms with Gasteiger partial charge in [-0.25, -0.2) is 5.43 Å². The van der Waals surface area contributed by atoms with Crippen LogP contribution in [0.15, 0.2) is 93.6 Å². The second-order valence-corrected chi connectivity index (χ2v) is 9.12. The van der Waals surface area contributed by atoms with Gasteiger partial charge in [0.25, 0.3) is 5.91 Å². The third kappa shape index (κ3) is 5.73. The highest BCUT2D eigenvalue weighted by Gasteiger charge is 2.17. The van der Waals surface area contributed by atoms with Gasteiger partial charge in [-0.1, -0.05) is 64.9 Å². The third-order valence-corrected chi connectivity index (χ3v) is 6.39. The van der Waals surface area contributed by atoms with Crippen molar-refractivity contribution in [2.45, 2.75) is 18.5 Å². The van der Waals surface area contributed by atoms with Gasteiger partial charge in [0.2, 0.25) is 0 Å². The van der Waals surface area contributed by atoms with Crippen LogP contribution in [0.4, 0.5) is 0 Å². The molecule has 7 nitrogen and oxygen atoms in total. The lowest BCUT2D eigenvalue weighted by atomic mass is 10.1. The molecule has 0 saturated carbocycles. The van der Waals surface area contributed by atoms with Crippen LogP contribution in [0.25, 0.3) is 17.1 Å². The number of phenols is 1. The Bertz CT molecular complexity index is 1290. The van der Waals surface area contributed by atoms with E-state index in [9.17, 15) is 9.90 Å². The molecule has 1 amide bonds. The van der Waals surface area contributed by atoms with E-state index < -0.39 is 0 Å². The number of thioether (sulfide) groups is 1. The first kappa shape index (κ1) is 23.7. The van der Waals surface area contributed by atoms with Gasteiger partial charge in [0.15, 0.2) is 11.0 Å². The van der Waals surface area contributed by atoms with E-state index in [1.165, 1.54) is 11.8 Å². The number of benzene rings is 3. The topological polar surface area (TPSA) is 92.4 Å². The van der Waals surface area contributed by atoms with Crippen LogP contribution in [0.5, 0.6) is 5.75 Å². The number of phenolic OH excluding ortho intramolecular Hbond substituents is 1. The maximum Gasteiger partial charge on any atom is 0.250 e. The van der Waals surface area contributed by atoms with Crippen LogP contribution in [0.3, 0.4) is 0 Å². The third-order valence-electron chi connectivity index (χ3n) is 4.93. The summed E-state index contributed by atoms with van der Waals surface area (Å²) in [7, 11) is 0. The summed E-state index contributed by atoms with van der Waals surface area (Å²) in [4.78, 5) is 12.5. The Balaban J connectivity index is 1.52. The summed E-state index contributed by atoms with van der Waals surface area (Å²) in [5.41, 5.74) is 6.02. The fourth-order valence-electron chi connectivity index (χ4n) is 3.25. The van der Waals surface area contributed by atoms with E-state index in [4.69, 9.17) is 0 Å². The van der Waals surface area contributed by atoms with Crippen molar-refractivity contribution >= 4 is 39.3 Å². The average molecular weight is 536 g/mol. The highest BCUT2D eigenvalue weighted by molar-refractivity contribution is 9.10. The van der Waals surface area contributed by atoms with Crippen LogP contribution in [-0.4, -0.2) is 37.2 Å². The summed E-state index contributed by atoms with van der Waals surface area (Å²) in [6, 6.07) is 24.4. The van der Waals surface area contributed by atoms with Gasteiger partial charge in [0.05, 0.1) is 11.5 Å². The van der Waals surface area contributed by atoms with Gasteiger partial charge in [0.1, 0.15) is 5.75 Å². The molecular formula is C25H22BrN5O2S. The zero-order chi connectivity index (χ0) is 23.9. The first-order chi connectivity index (χ1) is 16.5. The number of carbonyl (C=O) groups excluding carboxylic acids is 1. The molecule has 2 N–H and O–H groups in total. The molecule has 1 heterocycles. The Morgan fingerprint density at radius 1 is 1.03 bits per heavy atom. The number of rotatable bonds is 8. The molecule has 0 saturated heterocycles. The number of hydrogen-bond acceptors (Lipinski definition) is 6. The molecule has 0 unspecified atom stereocenters. The molecule has 172 valence electrons. The molecule has 4 rings (SSSR count). The number of carbonyl (C=O) groups is 1. The normalized spacial score (nSPS) is 11.4. The van der Waals surface area contributed by atoms with Crippen LogP contribution >= 0.6 is 27.7 Å². The standard InChI is InChI=1S/C25H22BrN5O2S/c1-2-22(17-8-14-21(32)15-9-17)27-28-23(33)16-34-25-30-29-24(18-6-4-3-5-7-18)31(25)20-12-10-19(26)11-13-20/h3-15,32H,2,16H2,1H3,(H,28,33). The number of amides is 1. The van der Waals surface area contributed by atoms with Gasteiger partial charge < -0.3 is 5.11 Å². The molecule has 0 bridgehead atoms. The Morgan fingerprint density at radius 2 is 1.74 bits per heavy atom. The molecule has 0 aliphatic carbocycles.